The summed E-state index contributed by atoms with van der Waals surface area (Å²) in [6.07, 6.45) is -1.74. The molecule has 1 fully saturated rings. The van der Waals surface area contributed by atoms with E-state index in [2.05, 4.69) is 19.7 Å². The first kappa shape index (κ1) is 33.5. The van der Waals surface area contributed by atoms with E-state index in [4.69, 9.17) is 9.90 Å². The zero-order chi connectivity index (χ0) is 33.3. The van der Waals surface area contributed by atoms with Crippen LogP contribution in [0.15, 0.2) is 59.8 Å². The van der Waals surface area contributed by atoms with Crippen LogP contribution in [0.1, 0.15) is 51.4 Å². The molecule has 240 valence electrons. The van der Waals surface area contributed by atoms with Crippen LogP contribution >= 0.6 is 0 Å². The summed E-state index contributed by atoms with van der Waals surface area (Å²) in [7, 11) is -7.68. The first-order chi connectivity index (χ1) is 20.9. The number of halogens is 3. The van der Waals surface area contributed by atoms with Crippen molar-refractivity contribution in [2.24, 2.45) is 0 Å². The number of hydrogen-bond donors (Lipinski definition) is 4. The highest BCUT2D eigenvalue weighted by Gasteiger charge is 2.39. The topological polar surface area (TPSA) is 188 Å². The first-order valence-corrected chi connectivity index (χ1v) is 16.2. The van der Waals surface area contributed by atoms with E-state index in [0.29, 0.717) is 22.4 Å². The predicted octanol–water partition coefficient (Wildman–Crippen LogP) is 3.67. The van der Waals surface area contributed by atoms with Crippen LogP contribution in [-0.2, 0) is 36.1 Å². The molecule has 0 bridgehead atoms. The molecule has 0 aliphatic carbocycles. The van der Waals surface area contributed by atoms with Crippen LogP contribution in [0.25, 0.3) is 11.0 Å². The molecule has 1 aliphatic heterocycles. The fraction of sp³-hybridized carbons (Fsp3) is 0.286. The van der Waals surface area contributed by atoms with Gasteiger partial charge in [-0.2, -0.15) is 13.2 Å². The molecule has 0 radical (unpaired) electrons. The van der Waals surface area contributed by atoms with E-state index in [1.165, 1.54) is 0 Å². The van der Waals surface area contributed by atoms with Crippen LogP contribution in [0.4, 0.5) is 13.2 Å². The maximum Gasteiger partial charge on any atom is 0.490 e. The molecule has 1 aliphatic rings. The number of aromatic nitrogens is 3. The molecule has 0 saturated carbocycles. The predicted molar refractivity (Wildman–Crippen MR) is 156 cm³/mol. The van der Waals surface area contributed by atoms with Gasteiger partial charge in [-0.25, -0.2) is 31.3 Å². The fourth-order valence-corrected chi connectivity index (χ4v) is 7.39. The molecular weight excluding hydrogens is 639 g/mol. The number of H-pyrrole nitrogens is 1. The molecule has 0 spiro atoms. The number of hydrogen-bond acceptors (Lipinski definition) is 8. The number of aryl methyl sites for hydroxylation is 2. The van der Waals surface area contributed by atoms with Crippen LogP contribution < -0.4 is 9.44 Å². The Morgan fingerprint density at radius 2 is 1.71 bits per heavy atom. The highest BCUT2D eigenvalue weighted by Crippen LogP contribution is 2.31. The number of imidazole rings is 1. The Morgan fingerprint density at radius 3 is 2.22 bits per heavy atom. The van der Waals surface area contributed by atoms with Crippen molar-refractivity contribution >= 4 is 43.0 Å². The second-order valence-corrected chi connectivity index (χ2v) is 14.0. The maximum absolute atomic E-state index is 13.5. The van der Waals surface area contributed by atoms with Crippen molar-refractivity contribution in [3.8, 4) is 0 Å². The van der Waals surface area contributed by atoms with Crippen molar-refractivity contribution in [2.45, 2.75) is 56.0 Å². The van der Waals surface area contributed by atoms with E-state index in [9.17, 15) is 34.8 Å². The zero-order valence-corrected chi connectivity index (χ0v) is 25.6. The summed E-state index contributed by atoms with van der Waals surface area (Å²) >= 11 is 0. The summed E-state index contributed by atoms with van der Waals surface area (Å²) < 4.78 is 88.0. The number of aromatic amines is 1. The number of nitrogens with one attached hydrogen (secondary N) is 3. The number of carbonyl (C=O) groups is 2. The van der Waals surface area contributed by atoms with Gasteiger partial charge in [-0.15, -0.1) is 0 Å². The van der Waals surface area contributed by atoms with Gasteiger partial charge in [-0.05, 0) is 73.2 Å². The van der Waals surface area contributed by atoms with E-state index >= 15 is 0 Å². The Hall–Kier alpha value is -4.35. The lowest BCUT2D eigenvalue weighted by Crippen LogP contribution is -2.31. The van der Waals surface area contributed by atoms with Gasteiger partial charge in [-0.3, -0.25) is 14.5 Å². The van der Waals surface area contributed by atoms with E-state index in [1.807, 2.05) is 25.5 Å². The standard InChI is InChI=1S/C26H27N5O5S2.C2HF3O2/c1-15-10-20(11-16(2)17(15)3)37(33,34)30-22(26-28-21-8-9-27-14-23(21)29-26)12-18-4-6-19(7-5-18)24-13-25(32)31-38(24,35)36;3-2(4,5)1(6)7/h4-11,14,22,24,30H,12-13H2,1-3H3,(H,28,29)(H,31,32);(H,6,7)/t22-,24?;/m0./s1. The normalized spacial score (nSPS) is 16.9. The maximum atomic E-state index is 13.5. The van der Waals surface area contributed by atoms with Gasteiger partial charge in [0.25, 0.3) is 0 Å². The Bertz CT molecular complexity index is 1920. The lowest BCUT2D eigenvalue weighted by atomic mass is 10.0. The number of amides is 1. The second-order valence-electron chi connectivity index (χ2n) is 10.4. The molecule has 4 aromatic rings. The summed E-state index contributed by atoms with van der Waals surface area (Å²) in [6.45, 7) is 5.70. The number of alkyl halides is 3. The zero-order valence-electron chi connectivity index (χ0n) is 24.0. The van der Waals surface area contributed by atoms with Crippen molar-refractivity contribution in [1.29, 1.82) is 0 Å². The first-order valence-electron chi connectivity index (χ1n) is 13.2. The number of nitrogens with zero attached hydrogens (tertiary/aromatic N) is 2. The van der Waals surface area contributed by atoms with Gasteiger partial charge in [0.05, 0.1) is 34.6 Å². The van der Waals surface area contributed by atoms with E-state index in [0.717, 1.165) is 22.3 Å². The monoisotopic (exact) mass is 667 g/mol. The van der Waals surface area contributed by atoms with E-state index in [-0.39, 0.29) is 17.7 Å². The SMILES string of the molecule is Cc1cc(S(=O)(=O)N[C@@H](Cc2ccc(C3CC(=O)NS3(=O)=O)cc2)c2nc3ccncc3[nH]2)cc(C)c1C.O=C(O)C(F)(F)F. The van der Waals surface area contributed by atoms with Crippen molar-refractivity contribution in [3.63, 3.8) is 0 Å². The minimum atomic E-state index is -5.08. The van der Waals surface area contributed by atoms with Gasteiger partial charge >= 0.3 is 12.1 Å². The molecule has 45 heavy (non-hydrogen) atoms. The number of sulfonamides is 2. The highest BCUT2D eigenvalue weighted by atomic mass is 32.2. The molecule has 3 heterocycles. The van der Waals surface area contributed by atoms with Gasteiger partial charge in [0.15, 0.2) is 0 Å². The third-order valence-corrected chi connectivity index (χ3v) is 10.3. The fourth-order valence-electron chi connectivity index (χ4n) is 4.59. The molecule has 1 saturated heterocycles. The van der Waals surface area contributed by atoms with Gasteiger partial charge < -0.3 is 10.1 Å². The summed E-state index contributed by atoms with van der Waals surface area (Å²) in [5.41, 5.74) is 5.36. The Morgan fingerprint density at radius 1 is 1.11 bits per heavy atom. The van der Waals surface area contributed by atoms with Crippen LogP contribution in [0, 0.1) is 20.8 Å². The van der Waals surface area contributed by atoms with Crippen LogP contribution in [0.3, 0.4) is 0 Å². The third kappa shape index (κ3) is 7.84. The summed E-state index contributed by atoms with van der Waals surface area (Å²) in [6, 6.07) is 11.1. The molecule has 1 amide bonds. The summed E-state index contributed by atoms with van der Waals surface area (Å²) in [5, 5.41) is 6.18. The number of rotatable bonds is 7. The molecule has 2 aromatic carbocycles. The Kier molecular flexibility index (Phi) is 9.37. The minimum absolute atomic E-state index is 0.132. The summed E-state index contributed by atoms with van der Waals surface area (Å²) in [5.74, 6) is -2.86. The Labute approximate surface area is 256 Å². The van der Waals surface area contributed by atoms with Crippen LogP contribution in [-0.4, -0.2) is 54.9 Å². The molecule has 17 heteroatoms. The second kappa shape index (κ2) is 12.6. The van der Waals surface area contributed by atoms with Gasteiger partial charge in [0, 0.05) is 6.20 Å². The largest absolute Gasteiger partial charge is 0.490 e. The van der Waals surface area contributed by atoms with Crippen molar-refractivity contribution in [3.05, 3.63) is 88.5 Å². The van der Waals surface area contributed by atoms with Crippen LogP contribution in [0.5, 0.6) is 0 Å². The quantitative estimate of drug-likeness (QED) is 0.228. The minimum Gasteiger partial charge on any atom is -0.475 e. The summed E-state index contributed by atoms with van der Waals surface area (Å²) in [4.78, 5) is 32.5. The smallest absolute Gasteiger partial charge is 0.475 e. The molecule has 2 aromatic heterocycles. The Balaban J connectivity index is 0.000000591. The molecule has 1 unspecified atom stereocenters. The van der Waals surface area contributed by atoms with Crippen LogP contribution in [0.2, 0.25) is 0 Å². The number of fused-ring (bicyclic) bond motifs is 1. The van der Waals surface area contributed by atoms with Gasteiger partial charge in [-0.1, -0.05) is 24.3 Å². The molecule has 4 N–H and O–H groups in total. The lowest BCUT2D eigenvalue weighted by molar-refractivity contribution is -0.192. The molecule has 5 rings (SSSR count). The third-order valence-electron chi connectivity index (χ3n) is 7.18. The average molecular weight is 668 g/mol. The van der Waals surface area contributed by atoms with Gasteiger partial charge in [0.2, 0.25) is 26.0 Å². The number of carboxylic acid groups (broad SMARTS) is 1. The number of carboxylic acids is 1. The number of carbonyl (C=O) groups excluding carboxylic acids is 1. The average Bonchev–Trinajstić information content (AvgIpc) is 3.50. The molecule has 12 nitrogen and oxygen atoms in total. The lowest BCUT2D eigenvalue weighted by Gasteiger charge is -2.19. The molecular formula is C28H28F3N5O7S2. The van der Waals surface area contributed by atoms with Crippen molar-refractivity contribution in [2.75, 3.05) is 0 Å². The highest BCUT2D eigenvalue weighted by molar-refractivity contribution is 7.90. The number of benzene rings is 2. The van der Waals surface area contributed by atoms with Crippen molar-refractivity contribution < 1.29 is 44.7 Å². The van der Waals surface area contributed by atoms with Gasteiger partial charge in [0.1, 0.15) is 11.1 Å². The van der Waals surface area contributed by atoms with E-state index in [1.54, 1.807) is 54.9 Å². The number of aliphatic carboxylic acids is 1. The molecule has 2 atom stereocenters. The van der Waals surface area contributed by atoms with E-state index < -0.39 is 49.4 Å². The van der Waals surface area contributed by atoms with Crippen molar-refractivity contribution in [1.82, 2.24) is 24.4 Å². The number of pyridine rings is 1.